The number of rotatable bonds is 6. The number of furan rings is 1. The average Bonchev–Trinajstić information content (AvgIpc) is 3.30. The molecule has 0 bridgehead atoms. The Morgan fingerprint density at radius 3 is 2.50 bits per heavy atom. The largest absolute Gasteiger partial charge is 0.496 e. The summed E-state index contributed by atoms with van der Waals surface area (Å²) in [4.78, 5) is 12.6. The Kier molecular flexibility index (Phi) is 5.88. The smallest absolute Gasteiger partial charge is 0.244 e. The lowest BCUT2D eigenvalue weighted by atomic mass is 9.97. The van der Waals surface area contributed by atoms with Gasteiger partial charge in [-0.05, 0) is 46.5 Å². The van der Waals surface area contributed by atoms with Gasteiger partial charge in [-0.1, -0.05) is 66.7 Å². The first-order valence-corrected chi connectivity index (χ1v) is 11.2. The second-order valence-corrected chi connectivity index (χ2v) is 8.29. The molecule has 0 unspecified atom stereocenters. The molecule has 1 amide bonds. The van der Waals surface area contributed by atoms with Crippen LogP contribution in [-0.4, -0.2) is 13.0 Å². The molecule has 4 aromatic carbocycles. The number of methoxy groups -OCH3 is 1. The second-order valence-electron chi connectivity index (χ2n) is 8.29. The Labute approximate surface area is 198 Å². The van der Waals surface area contributed by atoms with Gasteiger partial charge >= 0.3 is 0 Å². The van der Waals surface area contributed by atoms with Gasteiger partial charge in [-0.3, -0.25) is 4.79 Å². The lowest BCUT2D eigenvalue weighted by Crippen LogP contribution is -2.20. The average molecular weight is 448 g/mol. The Morgan fingerprint density at radius 2 is 1.71 bits per heavy atom. The van der Waals surface area contributed by atoms with Crippen LogP contribution in [0.2, 0.25) is 0 Å². The van der Waals surface area contributed by atoms with Gasteiger partial charge in [0.15, 0.2) is 0 Å². The number of allylic oxidation sites excluding steroid dienone is 1. The van der Waals surface area contributed by atoms with E-state index in [1.165, 1.54) is 10.8 Å². The Bertz CT molecular complexity index is 1510. The molecule has 5 aromatic rings. The molecule has 168 valence electrons. The zero-order valence-electron chi connectivity index (χ0n) is 19.2. The van der Waals surface area contributed by atoms with Crippen LogP contribution in [0.25, 0.3) is 38.4 Å². The van der Waals surface area contributed by atoms with E-state index in [-0.39, 0.29) is 5.91 Å². The van der Waals surface area contributed by atoms with Crippen molar-refractivity contribution < 1.29 is 13.9 Å². The van der Waals surface area contributed by atoms with Crippen LogP contribution >= 0.6 is 0 Å². The third kappa shape index (κ3) is 4.30. The summed E-state index contributed by atoms with van der Waals surface area (Å²) in [5.41, 5.74) is 5.55. The van der Waals surface area contributed by atoms with Crippen molar-refractivity contribution in [1.82, 2.24) is 5.32 Å². The van der Waals surface area contributed by atoms with Gasteiger partial charge in [-0.25, -0.2) is 0 Å². The molecule has 4 nitrogen and oxygen atoms in total. The molecule has 34 heavy (non-hydrogen) atoms. The van der Waals surface area contributed by atoms with Crippen LogP contribution in [0.15, 0.2) is 102 Å². The zero-order chi connectivity index (χ0) is 23.5. The maximum atomic E-state index is 12.6. The topological polar surface area (TPSA) is 51.5 Å². The highest BCUT2D eigenvalue weighted by Crippen LogP contribution is 2.38. The molecule has 0 saturated carbocycles. The molecular formula is C30H25NO3. The molecule has 0 aliphatic heterocycles. The van der Waals surface area contributed by atoms with E-state index in [0.29, 0.717) is 12.3 Å². The third-order valence-electron chi connectivity index (χ3n) is 6.04. The lowest BCUT2D eigenvalue weighted by molar-refractivity contribution is -0.116. The molecule has 0 saturated heterocycles. The van der Waals surface area contributed by atoms with E-state index in [1.54, 1.807) is 19.4 Å². The highest BCUT2D eigenvalue weighted by Gasteiger charge is 2.15. The molecule has 0 atom stereocenters. The molecule has 1 aromatic heterocycles. The summed E-state index contributed by atoms with van der Waals surface area (Å²) < 4.78 is 11.5. The summed E-state index contributed by atoms with van der Waals surface area (Å²) in [5, 5.41) is 6.30. The number of benzene rings is 4. The van der Waals surface area contributed by atoms with Gasteiger partial charge in [0.1, 0.15) is 11.3 Å². The van der Waals surface area contributed by atoms with E-state index in [4.69, 9.17) is 9.15 Å². The fourth-order valence-corrected chi connectivity index (χ4v) is 4.22. The van der Waals surface area contributed by atoms with Gasteiger partial charge in [-0.2, -0.15) is 0 Å². The highest BCUT2D eigenvalue weighted by molar-refractivity contribution is 6.01. The van der Waals surface area contributed by atoms with Gasteiger partial charge in [-0.15, -0.1) is 0 Å². The predicted molar refractivity (Wildman–Crippen MR) is 138 cm³/mol. The van der Waals surface area contributed by atoms with Crippen molar-refractivity contribution in [1.29, 1.82) is 0 Å². The maximum Gasteiger partial charge on any atom is 0.244 e. The van der Waals surface area contributed by atoms with Crippen LogP contribution < -0.4 is 10.1 Å². The fourth-order valence-electron chi connectivity index (χ4n) is 4.22. The molecule has 4 heteroatoms. The van der Waals surface area contributed by atoms with E-state index in [1.807, 2.05) is 61.5 Å². The monoisotopic (exact) mass is 447 g/mol. The number of carbonyl (C=O) groups is 1. The number of carbonyl (C=O) groups excluding carboxylic acids is 1. The molecule has 0 spiro atoms. The van der Waals surface area contributed by atoms with Crippen molar-refractivity contribution in [2.75, 3.05) is 7.11 Å². The first kappa shape index (κ1) is 21.5. The number of amides is 1. The number of hydrogen-bond acceptors (Lipinski definition) is 3. The van der Waals surface area contributed by atoms with Crippen molar-refractivity contribution in [2.24, 2.45) is 0 Å². The van der Waals surface area contributed by atoms with E-state index >= 15 is 0 Å². The minimum atomic E-state index is -0.148. The molecule has 1 heterocycles. The van der Waals surface area contributed by atoms with Crippen molar-refractivity contribution >= 4 is 33.2 Å². The molecule has 0 radical (unpaired) electrons. The summed E-state index contributed by atoms with van der Waals surface area (Å²) in [6, 6.07) is 28.5. The maximum absolute atomic E-state index is 12.6. The van der Waals surface area contributed by atoms with Crippen LogP contribution in [-0.2, 0) is 11.3 Å². The molecule has 1 N–H and O–H groups in total. The first-order chi connectivity index (χ1) is 16.6. The van der Waals surface area contributed by atoms with E-state index < -0.39 is 0 Å². The zero-order valence-corrected chi connectivity index (χ0v) is 19.2. The van der Waals surface area contributed by atoms with Gasteiger partial charge in [0.05, 0.1) is 13.4 Å². The summed E-state index contributed by atoms with van der Waals surface area (Å²) >= 11 is 0. The van der Waals surface area contributed by atoms with E-state index in [2.05, 4.69) is 35.6 Å². The Morgan fingerprint density at radius 1 is 0.941 bits per heavy atom. The van der Waals surface area contributed by atoms with Gasteiger partial charge in [0, 0.05) is 35.2 Å². The highest BCUT2D eigenvalue weighted by atomic mass is 16.5. The second kappa shape index (κ2) is 9.28. The fraction of sp³-hybridized carbons (Fsp3) is 0.100. The number of nitrogens with one attached hydrogen (secondary N) is 1. The van der Waals surface area contributed by atoms with Crippen LogP contribution in [0.1, 0.15) is 18.1 Å². The van der Waals surface area contributed by atoms with Crippen LogP contribution in [0, 0.1) is 0 Å². The van der Waals surface area contributed by atoms with Gasteiger partial charge in [0.2, 0.25) is 5.91 Å². The van der Waals surface area contributed by atoms with E-state index in [9.17, 15) is 4.79 Å². The van der Waals surface area contributed by atoms with E-state index in [0.717, 1.165) is 38.8 Å². The summed E-state index contributed by atoms with van der Waals surface area (Å²) in [7, 11) is 1.63. The molecule has 0 fully saturated rings. The van der Waals surface area contributed by atoms with Crippen molar-refractivity contribution in [3.8, 4) is 16.9 Å². The Hall–Kier alpha value is -4.31. The summed E-state index contributed by atoms with van der Waals surface area (Å²) in [6.07, 6.45) is 3.39. The molecule has 0 aliphatic rings. The van der Waals surface area contributed by atoms with Gasteiger partial charge in [0.25, 0.3) is 0 Å². The standard InChI is InChI=1S/C30H25NO3/c1-20(14-30(32)31-18-21-8-4-3-5-9-21)25-16-26-27(19-34-29(26)17-28(25)33-2)24-13-12-22-10-6-7-11-23(22)15-24/h3-17,19H,18H2,1-2H3,(H,31,32)/b20-14+. The van der Waals surface area contributed by atoms with Gasteiger partial charge < -0.3 is 14.5 Å². The third-order valence-corrected chi connectivity index (χ3v) is 6.04. The normalized spacial score (nSPS) is 11.6. The number of ether oxygens (including phenoxy) is 1. The Balaban J connectivity index is 1.49. The first-order valence-electron chi connectivity index (χ1n) is 11.2. The number of hydrogen-bond donors (Lipinski definition) is 1. The number of fused-ring (bicyclic) bond motifs is 2. The van der Waals surface area contributed by atoms with Crippen LogP contribution in [0.3, 0.4) is 0 Å². The minimum absolute atomic E-state index is 0.148. The SMILES string of the molecule is COc1cc2occ(-c3ccc4ccccc4c3)c2cc1/C(C)=C/C(=O)NCc1ccccc1. The molecule has 5 rings (SSSR count). The molecule has 0 aliphatic carbocycles. The minimum Gasteiger partial charge on any atom is -0.496 e. The van der Waals surface area contributed by atoms with Crippen molar-refractivity contribution in [2.45, 2.75) is 13.5 Å². The van der Waals surface area contributed by atoms with Crippen molar-refractivity contribution in [3.05, 3.63) is 108 Å². The van der Waals surface area contributed by atoms with Crippen LogP contribution in [0.4, 0.5) is 0 Å². The summed E-state index contributed by atoms with van der Waals surface area (Å²) in [5.74, 6) is 0.516. The van der Waals surface area contributed by atoms with Crippen molar-refractivity contribution in [3.63, 3.8) is 0 Å². The quantitative estimate of drug-likeness (QED) is 0.286. The molecular weight excluding hydrogens is 422 g/mol. The lowest BCUT2D eigenvalue weighted by Gasteiger charge is -2.10. The summed E-state index contributed by atoms with van der Waals surface area (Å²) in [6.45, 7) is 2.40. The van der Waals surface area contributed by atoms with Crippen LogP contribution in [0.5, 0.6) is 5.75 Å². The predicted octanol–water partition coefficient (Wildman–Crippen LogP) is 6.98.